The number of amides is 1. The number of halogens is 1. The minimum Gasteiger partial charge on any atom is -0.324 e. The SMILES string of the molecule is CC(C)(C)CC1C(=O)Nc2c(Cl)cccc21. The Morgan fingerprint density at radius 1 is 1.38 bits per heavy atom. The molecular formula is C13H16ClNO. The molecule has 0 bridgehead atoms. The maximum absolute atomic E-state index is 11.9. The lowest BCUT2D eigenvalue weighted by Gasteiger charge is -2.21. The van der Waals surface area contributed by atoms with Crippen LogP contribution in [-0.2, 0) is 4.79 Å². The molecule has 0 radical (unpaired) electrons. The molecule has 1 unspecified atom stereocenters. The standard InChI is InChI=1S/C13H16ClNO/c1-13(2,3)7-9-8-5-4-6-10(14)11(8)15-12(9)16/h4-6,9H,7H2,1-3H3,(H,15,16). The van der Waals surface area contributed by atoms with Gasteiger partial charge in [0.25, 0.3) is 0 Å². The second-order valence-electron chi connectivity index (χ2n) is 5.51. The van der Waals surface area contributed by atoms with E-state index in [0.29, 0.717) is 5.02 Å². The van der Waals surface area contributed by atoms with Crippen LogP contribution in [-0.4, -0.2) is 5.91 Å². The molecule has 86 valence electrons. The molecule has 0 fully saturated rings. The van der Waals surface area contributed by atoms with Gasteiger partial charge in [-0.1, -0.05) is 44.5 Å². The third-order valence-corrected chi connectivity index (χ3v) is 3.12. The minimum absolute atomic E-state index is 0.0614. The molecule has 1 aromatic rings. The van der Waals surface area contributed by atoms with Crippen molar-refractivity contribution in [2.24, 2.45) is 5.41 Å². The van der Waals surface area contributed by atoms with Gasteiger partial charge in [0.2, 0.25) is 5.91 Å². The summed E-state index contributed by atoms with van der Waals surface area (Å²) < 4.78 is 0. The highest BCUT2D eigenvalue weighted by molar-refractivity contribution is 6.34. The van der Waals surface area contributed by atoms with Gasteiger partial charge < -0.3 is 5.32 Å². The lowest BCUT2D eigenvalue weighted by atomic mass is 9.82. The molecule has 0 saturated carbocycles. The number of para-hydroxylation sites is 1. The third kappa shape index (κ3) is 2.07. The van der Waals surface area contributed by atoms with Gasteiger partial charge in [0.05, 0.1) is 16.6 Å². The monoisotopic (exact) mass is 237 g/mol. The van der Waals surface area contributed by atoms with Gasteiger partial charge in [-0.3, -0.25) is 4.79 Å². The van der Waals surface area contributed by atoms with Crippen LogP contribution in [0.5, 0.6) is 0 Å². The molecule has 1 amide bonds. The van der Waals surface area contributed by atoms with Crippen LogP contribution in [0.25, 0.3) is 0 Å². The summed E-state index contributed by atoms with van der Waals surface area (Å²) in [6, 6.07) is 5.69. The van der Waals surface area contributed by atoms with E-state index in [9.17, 15) is 4.79 Å². The van der Waals surface area contributed by atoms with E-state index in [2.05, 4.69) is 26.1 Å². The van der Waals surface area contributed by atoms with Gasteiger partial charge in [-0.15, -0.1) is 0 Å². The number of rotatable bonds is 1. The Balaban J connectivity index is 2.37. The molecule has 0 aliphatic carbocycles. The van der Waals surface area contributed by atoms with Crippen LogP contribution < -0.4 is 5.32 Å². The molecule has 2 nitrogen and oxygen atoms in total. The third-order valence-electron chi connectivity index (χ3n) is 2.80. The van der Waals surface area contributed by atoms with Gasteiger partial charge >= 0.3 is 0 Å². The number of fused-ring (bicyclic) bond motifs is 1. The maximum Gasteiger partial charge on any atom is 0.232 e. The quantitative estimate of drug-likeness (QED) is 0.791. The van der Waals surface area contributed by atoms with Crippen molar-refractivity contribution in [1.29, 1.82) is 0 Å². The summed E-state index contributed by atoms with van der Waals surface area (Å²) in [6.07, 6.45) is 0.839. The van der Waals surface area contributed by atoms with Gasteiger partial charge in [0.15, 0.2) is 0 Å². The second-order valence-corrected chi connectivity index (χ2v) is 5.92. The van der Waals surface area contributed by atoms with Crippen molar-refractivity contribution >= 4 is 23.2 Å². The number of benzene rings is 1. The van der Waals surface area contributed by atoms with Crippen LogP contribution in [0.1, 0.15) is 38.7 Å². The molecule has 1 aromatic carbocycles. The second kappa shape index (κ2) is 3.77. The van der Waals surface area contributed by atoms with E-state index >= 15 is 0 Å². The van der Waals surface area contributed by atoms with Gasteiger partial charge in [-0.2, -0.15) is 0 Å². The number of anilines is 1. The topological polar surface area (TPSA) is 29.1 Å². The Morgan fingerprint density at radius 2 is 2.06 bits per heavy atom. The van der Waals surface area contributed by atoms with Crippen molar-refractivity contribution in [2.75, 3.05) is 5.32 Å². The molecule has 1 aliphatic rings. The van der Waals surface area contributed by atoms with Gasteiger partial charge in [0, 0.05) is 0 Å². The Hall–Kier alpha value is -1.02. The lowest BCUT2D eigenvalue weighted by molar-refractivity contribution is -0.117. The van der Waals surface area contributed by atoms with Crippen LogP contribution in [0.4, 0.5) is 5.69 Å². The first kappa shape index (κ1) is 11.5. The zero-order chi connectivity index (χ0) is 11.9. The van der Waals surface area contributed by atoms with E-state index in [0.717, 1.165) is 17.7 Å². The molecule has 2 rings (SSSR count). The minimum atomic E-state index is -0.0614. The van der Waals surface area contributed by atoms with E-state index in [1.165, 1.54) is 0 Å². The van der Waals surface area contributed by atoms with Crippen LogP contribution in [0.15, 0.2) is 18.2 Å². The molecule has 0 saturated heterocycles. The number of hydrogen-bond acceptors (Lipinski definition) is 1. The predicted octanol–water partition coefficient (Wildman–Crippen LogP) is 3.81. The molecule has 1 aliphatic heterocycles. The van der Waals surface area contributed by atoms with Crippen molar-refractivity contribution in [3.8, 4) is 0 Å². The van der Waals surface area contributed by atoms with Gasteiger partial charge in [-0.05, 0) is 23.5 Å². The number of nitrogens with one attached hydrogen (secondary N) is 1. The van der Waals surface area contributed by atoms with Crippen molar-refractivity contribution in [1.82, 2.24) is 0 Å². The van der Waals surface area contributed by atoms with E-state index in [1.54, 1.807) is 6.07 Å². The van der Waals surface area contributed by atoms with E-state index < -0.39 is 0 Å². The highest BCUT2D eigenvalue weighted by atomic mass is 35.5. The first-order valence-electron chi connectivity index (χ1n) is 5.48. The Morgan fingerprint density at radius 3 is 2.69 bits per heavy atom. The molecule has 0 spiro atoms. The fraction of sp³-hybridized carbons (Fsp3) is 0.462. The fourth-order valence-corrected chi connectivity index (χ4v) is 2.36. The summed E-state index contributed by atoms with van der Waals surface area (Å²) in [5, 5.41) is 3.49. The van der Waals surface area contributed by atoms with Gasteiger partial charge in [0.1, 0.15) is 0 Å². The van der Waals surface area contributed by atoms with Crippen LogP contribution in [0.3, 0.4) is 0 Å². The Kier molecular flexibility index (Phi) is 2.70. The zero-order valence-corrected chi connectivity index (χ0v) is 10.6. The molecule has 1 atom stereocenters. The summed E-state index contributed by atoms with van der Waals surface area (Å²) in [4.78, 5) is 11.9. The molecular weight excluding hydrogens is 222 g/mol. The first-order chi connectivity index (χ1) is 7.38. The molecule has 16 heavy (non-hydrogen) atoms. The average molecular weight is 238 g/mol. The summed E-state index contributed by atoms with van der Waals surface area (Å²) in [5.74, 6) is 0.00623. The molecule has 3 heteroatoms. The number of carbonyl (C=O) groups is 1. The zero-order valence-electron chi connectivity index (χ0n) is 9.80. The van der Waals surface area contributed by atoms with Crippen molar-refractivity contribution in [3.63, 3.8) is 0 Å². The number of carbonyl (C=O) groups excluding carboxylic acids is 1. The van der Waals surface area contributed by atoms with Crippen LogP contribution in [0.2, 0.25) is 5.02 Å². The maximum atomic E-state index is 11.9. The summed E-state index contributed by atoms with van der Waals surface area (Å²) in [7, 11) is 0. The van der Waals surface area contributed by atoms with E-state index in [-0.39, 0.29) is 17.2 Å². The molecule has 1 N–H and O–H groups in total. The molecule has 1 heterocycles. The first-order valence-corrected chi connectivity index (χ1v) is 5.85. The van der Waals surface area contributed by atoms with Crippen molar-refractivity contribution in [3.05, 3.63) is 28.8 Å². The smallest absolute Gasteiger partial charge is 0.232 e. The van der Waals surface area contributed by atoms with Crippen LogP contribution in [0, 0.1) is 5.41 Å². The largest absolute Gasteiger partial charge is 0.324 e. The summed E-state index contributed by atoms with van der Waals surface area (Å²) >= 11 is 6.06. The Bertz CT molecular complexity index is 434. The van der Waals surface area contributed by atoms with Gasteiger partial charge in [-0.25, -0.2) is 0 Å². The van der Waals surface area contributed by atoms with E-state index in [4.69, 9.17) is 11.6 Å². The summed E-state index contributed by atoms with van der Waals surface area (Å²) in [6.45, 7) is 6.43. The van der Waals surface area contributed by atoms with E-state index in [1.807, 2.05) is 12.1 Å². The summed E-state index contributed by atoms with van der Waals surface area (Å²) in [5.41, 5.74) is 1.96. The highest BCUT2D eigenvalue weighted by Crippen LogP contribution is 2.42. The molecule has 0 aromatic heterocycles. The highest BCUT2D eigenvalue weighted by Gasteiger charge is 2.34. The fourth-order valence-electron chi connectivity index (χ4n) is 2.13. The van der Waals surface area contributed by atoms with Crippen molar-refractivity contribution < 1.29 is 4.79 Å². The lowest BCUT2D eigenvalue weighted by Crippen LogP contribution is -2.18. The normalized spacial score (nSPS) is 19.5. The number of hydrogen-bond donors (Lipinski definition) is 1. The Labute approximate surface area is 101 Å². The van der Waals surface area contributed by atoms with Crippen molar-refractivity contribution in [2.45, 2.75) is 33.1 Å². The average Bonchev–Trinajstić information content (AvgIpc) is 2.44. The predicted molar refractivity (Wildman–Crippen MR) is 66.9 cm³/mol. The van der Waals surface area contributed by atoms with Crippen LogP contribution >= 0.6 is 11.6 Å².